The number of para-hydroxylation sites is 1. The van der Waals surface area contributed by atoms with E-state index in [1.807, 2.05) is 36.7 Å². The van der Waals surface area contributed by atoms with Crippen LogP contribution in [-0.2, 0) is 42.4 Å². The van der Waals surface area contributed by atoms with Crippen LogP contribution < -0.4 is 10.1 Å². The third-order valence-electron chi connectivity index (χ3n) is 8.77. The highest BCUT2D eigenvalue weighted by molar-refractivity contribution is 5.91. The summed E-state index contributed by atoms with van der Waals surface area (Å²) in [6.07, 6.45) is -2.94. The van der Waals surface area contributed by atoms with Crippen LogP contribution in [0.5, 0.6) is 5.75 Å². The van der Waals surface area contributed by atoms with Gasteiger partial charge in [0.15, 0.2) is 0 Å². The summed E-state index contributed by atoms with van der Waals surface area (Å²) in [7, 11) is 1.46. The van der Waals surface area contributed by atoms with Crippen molar-refractivity contribution < 1.29 is 27.1 Å². The Morgan fingerprint density at radius 3 is 2.27 bits per heavy atom. The van der Waals surface area contributed by atoms with Crippen LogP contribution in [0.25, 0.3) is 16.9 Å². The van der Waals surface area contributed by atoms with E-state index in [1.54, 1.807) is 13.0 Å². The molecule has 3 aromatic carbocycles. The minimum Gasteiger partial charge on any atom is -0.495 e. The molecule has 1 aliphatic rings. The summed E-state index contributed by atoms with van der Waals surface area (Å²) >= 11 is 0. The van der Waals surface area contributed by atoms with Gasteiger partial charge >= 0.3 is 6.18 Å². The van der Waals surface area contributed by atoms with Crippen molar-refractivity contribution in [2.24, 2.45) is 0 Å². The number of benzene rings is 3. The SMILES string of the molecule is CCc1cccc(CC)c1-n1nc2c(c1-c1cc(OC)c(NC(C)=O)cc1F)CN(Cc1ccc(C(F)(F)F)cc1C)C2(C)C. The predicted octanol–water partition coefficient (Wildman–Crippen LogP) is 8.35. The number of hydrogen-bond acceptors (Lipinski definition) is 4. The fourth-order valence-corrected chi connectivity index (χ4v) is 6.26. The number of halogens is 4. The van der Waals surface area contributed by atoms with E-state index in [-0.39, 0.29) is 17.2 Å². The molecule has 0 spiro atoms. The summed E-state index contributed by atoms with van der Waals surface area (Å²) < 4.78 is 63.7. The molecule has 0 unspecified atom stereocenters. The van der Waals surface area contributed by atoms with Crippen molar-refractivity contribution in [1.29, 1.82) is 0 Å². The minimum atomic E-state index is -4.42. The lowest BCUT2D eigenvalue weighted by Gasteiger charge is -2.32. The number of aryl methyl sites for hydroxylation is 3. The van der Waals surface area contributed by atoms with Crippen LogP contribution in [0.4, 0.5) is 23.2 Å². The number of hydrogen-bond donors (Lipinski definition) is 1. The summed E-state index contributed by atoms with van der Waals surface area (Å²) in [5, 5.41) is 7.82. The second-order valence-corrected chi connectivity index (χ2v) is 12.0. The van der Waals surface area contributed by atoms with Crippen LogP contribution in [0.15, 0.2) is 48.5 Å². The molecule has 5 rings (SSSR count). The highest BCUT2D eigenvalue weighted by Crippen LogP contribution is 2.47. The zero-order valence-electron chi connectivity index (χ0n) is 26.6. The molecule has 0 saturated carbocycles. The molecular formula is C35H38F4N4O2. The second kappa shape index (κ2) is 12.0. The lowest BCUT2D eigenvalue weighted by Crippen LogP contribution is -2.36. The van der Waals surface area contributed by atoms with Gasteiger partial charge in [0.1, 0.15) is 11.6 Å². The zero-order valence-corrected chi connectivity index (χ0v) is 26.6. The average molecular weight is 623 g/mol. The maximum Gasteiger partial charge on any atom is 0.416 e. The molecular weight excluding hydrogens is 584 g/mol. The lowest BCUT2D eigenvalue weighted by molar-refractivity contribution is -0.137. The van der Waals surface area contributed by atoms with Crippen molar-refractivity contribution in [1.82, 2.24) is 14.7 Å². The van der Waals surface area contributed by atoms with Crippen LogP contribution in [0, 0.1) is 12.7 Å². The third kappa shape index (κ3) is 5.83. The van der Waals surface area contributed by atoms with Gasteiger partial charge < -0.3 is 10.1 Å². The van der Waals surface area contributed by atoms with Gasteiger partial charge in [-0.25, -0.2) is 9.07 Å². The average Bonchev–Trinajstić information content (AvgIpc) is 3.46. The van der Waals surface area contributed by atoms with E-state index in [2.05, 4.69) is 24.1 Å². The molecule has 238 valence electrons. The molecule has 0 aliphatic carbocycles. The van der Waals surface area contributed by atoms with Gasteiger partial charge in [-0.05, 0) is 74.1 Å². The Labute approximate surface area is 261 Å². The van der Waals surface area contributed by atoms with Crippen molar-refractivity contribution in [3.05, 3.63) is 93.4 Å². The second-order valence-electron chi connectivity index (χ2n) is 12.0. The molecule has 10 heteroatoms. The fourth-order valence-electron chi connectivity index (χ4n) is 6.26. The molecule has 1 aromatic heterocycles. The zero-order chi connectivity index (χ0) is 32.8. The molecule has 45 heavy (non-hydrogen) atoms. The normalized spacial score (nSPS) is 14.5. The monoisotopic (exact) mass is 622 g/mol. The molecule has 0 fully saturated rings. The summed E-state index contributed by atoms with van der Waals surface area (Å²) in [4.78, 5) is 14.0. The molecule has 0 atom stereocenters. The summed E-state index contributed by atoms with van der Waals surface area (Å²) in [6, 6.07) is 12.8. The number of ether oxygens (including phenoxy) is 1. The van der Waals surface area contributed by atoms with Gasteiger partial charge in [-0.15, -0.1) is 0 Å². The Hall–Kier alpha value is -4.18. The predicted molar refractivity (Wildman–Crippen MR) is 167 cm³/mol. The summed E-state index contributed by atoms with van der Waals surface area (Å²) in [6.45, 7) is 12.0. The molecule has 1 aliphatic heterocycles. The highest BCUT2D eigenvalue weighted by atomic mass is 19.4. The van der Waals surface area contributed by atoms with Crippen molar-refractivity contribution in [3.63, 3.8) is 0 Å². The van der Waals surface area contributed by atoms with Gasteiger partial charge in [0.25, 0.3) is 0 Å². The van der Waals surface area contributed by atoms with E-state index >= 15 is 4.39 Å². The molecule has 0 saturated heterocycles. The van der Waals surface area contributed by atoms with E-state index in [1.165, 1.54) is 32.2 Å². The minimum absolute atomic E-state index is 0.219. The van der Waals surface area contributed by atoms with Gasteiger partial charge in [0, 0.05) is 37.2 Å². The Morgan fingerprint density at radius 2 is 1.71 bits per heavy atom. The van der Waals surface area contributed by atoms with Crippen molar-refractivity contribution >= 4 is 11.6 Å². The largest absolute Gasteiger partial charge is 0.495 e. The first-order chi connectivity index (χ1) is 21.2. The Kier molecular flexibility index (Phi) is 8.57. The molecule has 2 heterocycles. The highest BCUT2D eigenvalue weighted by Gasteiger charge is 2.44. The smallest absolute Gasteiger partial charge is 0.416 e. The van der Waals surface area contributed by atoms with E-state index in [0.717, 1.165) is 52.5 Å². The van der Waals surface area contributed by atoms with E-state index < -0.39 is 23.1 Å². The maximum absolute atomic E-state index is 16.2. The Balaban J connectivity index is 1.70. The lowest BCUT2D eigenvalue weighted by atomic mass is 9.97. The van der Waals surface area contributed by atoms with E-state index in [9.17, 15) is 18.0 Å². The number of amides is 1. The van der Waals surface area contributed by atoms with Crippen LogP contribution >= 0.6 is 0 Å². The number of nitrogens with zero attached hydrogens (tertiary/aromatic N) is 3. The maximum atomic E-state index is 16.2. The van der Waals surface area contributed by atoms with E-state index in [0.29, 0.717) is 30.1 Å². The number of aromatic nitrogens is 2. The molecule has 4 aromatic rings. The molecule has 1 amide bonds. The topological polar surface area (TPSA) is 59.4 Å². The van der Waals surface area contributed by atoms with Crippen LogP contribution in [0.3, 0.4) is 0 Å². The number of carbonyl (C=O) groups is 1. The first-order valence-corrected chi connectivity index (χ1v) is 15.0. The van der Waals surface area contributed by atoms with Gasteiger partial charge in [0.05, 0.1) is 41.0 Å². The van der Waals surface area contributed by atoms with Gasteiger partial charge in [0.2, 0.25) is 5.91 Å². The molecule has 1 N–H and O–H groups in total. The molecule has 6 nitrogen and oxygen atoms in total. The van der Waals surface area contributed by atoms with Gasteiger partial charge in [-0.2, -0.15) is 18.3 Å². The number of anilines is 1. The first-order valence-electron chi connectivity index (χ1n) is 15.0. The third-order valence-corrected chi connectivity index (χ3v) is 8.77. The quantitative estimate of drug-likeness (QED) is 0.201. The molecule has 0 radical (unpaired) electrons. The van der Waals surface area contributed by atoms with Crippen LogP contribution in [0.1, 0.15) is 73.7 Å². The van der Waals surface area contributed by atoms with Gasteiger partial charge in [-0.3, -0.25) is 9.69 Å². The van der Waals surface area contributed by atoms with Crippen LogP contribution in [-0.4, -0.2) is 27.7 Å². The number of methoxy groups -OCH3 is 1. The summed E-state index contributed by atoms with van der Waals surface area (Å²) in [5.74, 6) is -0.603. The first kappa shape index (κ1) is 32.2. The Morgan fingerprint density at radius 1 is 1.04 bits per heavy atom. The van der Waals surface area contributed by atoms with Crippen molar-refractivity contribution in [3.8, 4) is 22.7 Å². The number of nitrogens with one attached hydrogen (secondary N) is 1. The van der Waals surface area contributed by atoms with Crippen molar-refractivity contribution in [2.75, 3.05) is 12.4 Å². The number of rotatable bonds is 8. The van der Waals surface area contributed by atoms with Crippen LogP contribution in [0.2, 0.25) is 0 Å². The number of carbonyl (C=O) groups excluding carboxylic acids is 1. The van der Waals surface area contributed by atoms with Crippen molar-refractivity contribution in [2.45, 2.75) is 79.2 Å². The standard InChI is InChI=1S/C35H38F4N4O2/c1-8-22-11-10-12-23(9-2)31(22)43-32(26-16-30(45-7)29(17-28(26)36)40-21(4)44)27-19-42(34(5,6)33(27)41-43)18-24-13-14-25(15-20(24)3)35(37,38)39/h10-17H,8-9,18-19H2,1-7H3,(H,40,44). The number of alkyl halides is 3. The Bertz CT molecular complexity index is 1750. The molecule has 0 bridgehead atoms. The summed E-state index contributed by atoms with van der Waals surface area (Å²) in [5.41, 5.74) is 5.69. The van der Waals surface area contributed by atoms with Gasteiger partial charge in [-0.1, -0.05) is 38.1 Å². The van der Waals surface area contributed by atoms with E-state index in [4.69, 9.17) is 9.84 Å². The fraction of sp³-hybridized carbons (Fsp3) is 0.371. The number of fused-ring (bicyclic) bond motifs is 1.